The van der Waals surface area contributed by atoms with Crippen LogP contribution >= 0.6 is 0 Å². The van der Waals surface area contributed by atoms with E-state index in [4.69, 9.17) is 9.84 Å². The molecular weight excluding hydrogens is 182 g/mol. The number of methoxy groups -OCH3 is 1. The number of aliphatic carboxylic acids is 1. The molecule has 0 aromatic carbocycles. The van der Waals surface area contributed by atoms with Crippen LogP contribution in [0.1, 0.15) is 26.7 Å². The van der Waals surface area contributed by atoms with Crippen LogP contribution in [0, 0.1) is 5.92 Å². The van der Waals surface area contributed by atoms with Crippen LogP contribution in [-0.2, 0) is 9.53 Å². The van der Waals surface area contributed by atoms with E-state index in [1.165, 1.54) is 0 Å². The first-order chi connectivity index (χ1) is 6.56. The van der Waals surface area contributed by atoms with Crippen molar-refractivity contribution >= 4 is 5.97 Å². The molecule has 4 heteroatoms. The second kappa shape index (κ2) is 4.75. The van der Waals surface area contributed by atoms with Gasteiger partial charge in [0.05, 0.1) is 6.10 Å². The van der Waals surface area contributed by atoms with Crippen molar-refractivity contribution in [1.29, 1.82) is 0 Å². The van der Waals surface area contributed by atoms with Gasteiger partial charge in [0.2, 0.25) is 0 Å². The van der Waals surface area contributed by atoms with Crippen molar-refractivity contribution in [3.63, 3.8) is 0 Å². The highest BCUT2D eigenvalue weighted by Gasteiger charge is 2.37. The van der Waals surface area contributed by atoms with E-state index in [2.05, 4.69) is 5.32 Å². The number of ether oxygens (including phenoxy) is 1. The molecule has 1 aliphatic rings. The highest BCUT2D eigenvalue weighted by atomic mass is 16.5. The Labute approximate surface area is 84.6 Å². The van der Waals surface area contributed by atoms with E-state index in [0.717, 1.165) is 12.8 Å². The molecule has 0 aromatic heterocycles. The van der Waals surface area contributed by atoms with Crippen LogP contribution in [0.3, 0.4) is 0 Å². The zero-order valence-electron chi connectivity index (χ0n) is 8.99. The predicted molar refractivity (Wildman–Crippen MR) is 53.2 cm³/mol. The van der Waals surface area contributed by atoms with Gasteiger partial charge in [0.1, 0.15) is 6.04 Å². The Morgan fingerprint density at radius 2 is 2.07 bits per heavy atom. The molecule has 1 fully saturated rings. The maximum absolute atomic E-state index is 10.9. The number of carbonyl (C=O) groups is 1. The van der Waals surface area contributed by atoms with Crippen LogP contribution in [0.25, 0.3) is 0 Å². The Hall–Kier alpha value is -0.610. The van der Waals surface area contributed by atoms with E-state index >= 15 is 0 Å². The number of carboxylic acids is 1. The molecule has 0 aliphatic heterocycles. The van der Waals surface area contributed by atoms with Gasteiger partial charge in [-0.2, -0.15) is 0 Å². The summed E-state index contributed by atoms with van der Waals surface area (Å²) in [5, 5.41) is 12.1. The lowest BCUT2D eigenvalue weighted by Crippen LogP contribution is -2.48. The molecule has 2 N–H and O–H groups in total. The molecule has 0 bridgehead atoms. The summed E-state index contributed by atoms with van der Waals surface area (Å²) >= 11 is 0. The normalized spacial score (nSPS) is 22.8. The largest absolute Gasteiger partial charge is 0.480 e. The van der Waals surface area contributed by atoms with E-state index < -0.39 is 12.0 Å². The summed E-state index contributed by atoms with van der Waals surface area (Å²) in [6.07, 6.45) is 2.09. The van der Waals surface area contributed by atoms with E-state index in [9.17, 15) is 4.79 Å². The summed E-state index contributed by atoms with van der Waals surface area (Å²) in [7, 11) is 1.63. The van der Waals surface area contributed by atoms with Gasteiger partial charge in [-0.15, -0.1) is 0 Å². The average molecular weight is 201 g/mol. The Morgan fingerprint density at radius 1 is 1.50 bits per heavy atom. The maximum Gasteiger partial charge on any atom is 0.320 e. The minimum Gasteiger partial charge on any atom is -0.480 e. The van der Waals surface area contributed by atoms with Crippen LogP contribution in [0.2, 0.25) is 0 Å². The summed E-state index contributed by atoms with van der Waals surface area (Å²) in [6, 6.07) is -0.329. The SMILES string of the molecule is COC(C)C(C)NC(C(=O)O)C1CC1. The molecule has 0 amide bonds. The third-order valence-corrected chi connectivity index (χ3v) is 2.88. The van der Waals surface area contributed by atoms with Crippen molar-refractivity contribution in [3.8, 4) is 0 Å². The Balaban J connectivity index is 2.42. The second-order valence-corrected chi connectivity index (χ2v) is 4.05. The van der Waals surface area contributed by atoms with Gasteiger partial charge in [-0.3, -0.25) is 10.1 Å². The van der Waals surface area contributed by atoms with Crippen molar-refractivity contribution < 1.29 is 14.6 Å². The first-order valence-electron chi connectivity index (χ1n) is 5.08. The van der Waals surface area contributed by atoms with Crippen molar-refractivity contribution in [1.82, 2.24) is 5.32 Å². The number of hydrogen-bond acceptors (Lipinski definition) is 3. The lowest BCUT2D eigenvalue weighted by Gasteiger charge is -2.24. The van der Waals surface area contributed by atoms with Crippen LogP contribution in [0.15, 0.2) is 0 Å². The van der Waals surface area contributed by atoms with Gasteiger partial charge in [-0.1, -0.05) is 0 Å². The van der Waals surface area contributed by atoms with Gasteiger partial charge in [0.15, 0.2) is 0 Å². The molecule has 1 rings (SSSR count). The summed E-state index contributed by atoms with van der Waals surface area (Å²) in [5.74, 6) is -0.429. The molecule has 1 aliphatic carbocycles. The van der Waals surface area contributed by atoms with Gasteiger partial charge in [-0.25, -0.2) is 0 Å². The lowest BCUT2D eigenvalue weighted by molar-refractivity contribution is -0.140. The maximum atomic E-state index is 10.9. The molecule has 14 heavy (non-hydrogen) atoms. The molecule has 0 aromatic rings. The molecule has 1 saturated carbocycles. The van der Waals surface area contributed by atoms with Crippen LogP contribution in [0.4, 0.5) is 0 Å². The zero-order chi connectivity index (χ0) is 10.7. The topological polar surface area (TPSA) is 58.6 Å². The minimum absolute atomic E-state index is 0.0376. The molecule has 3 unspecified atom stereocenters. The predicted octanol–water partition coefficient (Wildman–Crippen LogP) is 0.863. The van der Waals surface area contributed by atoms with Crippen LogP contribution in [-0.4, -0.2) is 36.4 Å². The number of nitrogens with one attached hydrogen (secondary N) is 1. The van der Waals surface area contributed by atoms with Crippen LogP contribution in [0.5, 0.6) is 0 Å². The first-order valence-corrected chi connectivity index (χ1v) is 5.08. The number of hydrogen-bond donors (Lipinski definition) is 2. The van der Waals surface area contributed by atoms with Gasteiger partial charge in [-0.05, 0) is 32.6 Å². The molecule has 4 nitrogen and oxygen atoms in total. The highest BCUT2D eigenvalue weighted by Crippen LogP contribution is 2.33. The van der Waals surface area contributed by atoms with Crippen molar-refractivity contribution in [3.05, 3.63) is 0 Å². The monoisotopic (exact) mass is 201 g/mol. The highest BCUT2D eigenvalue weighted by molar-refractivity contribution is 5.74. The first kappa shape index (κ1) is 11.5. The summed E-state index contributed by atoms with van der Waals surface area (Å²) in [4.78, 5) is 10.9. The van der Waals surface area contributed by atoms with Gasteiger partial charge in [0, 0.05) is 13.2 Å². The fourth-order valence-electron chi connectivity index (χ4n) is 1.46. The van der Waals surface area contributed by atoms with Gasteiger partial charge >= 0.3 is 5.97 Å². The summed E-state index contributed by atoms with van der Waals surface area (Å²) in [5.41, 5.74) is 0. The molecular formula is C10H19NO3. The van der Waals surface area contributed by atoms with E-state index in [0.29, 0.717) is 5.92 Å². The third-order valence-electron chi connectivity index (χ3n) is 2.88. The smallest absolute Gasteiger partial charge is 0.320 e. The third kappa shape index (κ3) is 2.96. The molecule has 0 saturated heterocycles. The minimum atomic E-state index is -0.748. The number of carboxylic acid groups (broad SMARTS) is 1. The van der Waals surface area contributed by atoms with Crippen molar-refractivity contribution in [2.24, 2.45) is 5.92 Å². The Bertz CT molecular complexity index is 204. The van der Waals surface area contributed by atoms with E-state index in [-0.39, 0.29) is 12.1 Å². The van der Waals surface area contributed by atoms with E-state index in [1.54, 1.807) is 7.11 Å². The Kier molecular flexibility index (Phi) is 3.89. The fraction of sp³-hybridized carbons (Fsp3) is 0.900. The molecule has 0 radical (unpaired) electrons. The standard InChI is InChI=1S/C10H19NO3/c1-6(7(2)14-3)11-9(10(12)13)8-4-5-8/h6-9,11H,4-5H2,1-3H3,(H,12,13). The number of rotatable bonds is 6. The summed E-state index contributed by atoms with van der Waals surface area (Å²) < 4.78 is 5.14. The molecule has 0 spiro atoms. The van der Waals surface area contributed by atoms with Crippen molar-refractivity contribution in [2.75, 3.05) is 7.11 Å². The lowest BCUT2D eigenvalue weighted by atomic mass is 10.1. The van der Waals surface area contributed by atoms with Gasteiger partial charge < -0.3 is 9.84 Å². The zero-order valence-corrected chi connectivity index (χ0v) is 8.99. The Morgan fingerprint density at radius 3 is 2.43 bits per heavy atom. The van der Waals surface area contributed by atoms with Gasteiger partial charge in [0.25, 0.3) is 0 Å². The summed E-state index contributed by atoms with van der Waals surface area (Å²) in [6.45, 7) is 3.88. The average Bonchev–Trinajstić information content (AvgIpc) is 2.95. The second-order valence-electron chi connectivity index (χ2n) is 4.05. The van der Waals surface area contributed by atoms with Crippen molar-refractivity contribution in [2.45, 2.75) is 44.9 Å². The van der Waals surface area contributed by atoms with E-state index in [1.807, 2.05) is 13.8 Å². The molecule has 82 valence electrons. The molecule has 3 atom stereocenters. The fourth-order valence-corrected chi connectivity index (χ4v) is 1.46. The van der Waals surface area contributed by atoms with Crippen LogP contribution < -0.4 is 5.32 Å². The quantitative estimate of drug-likeness (QED) is 0.669. The molecule has 0 heterocycles.